The first-order valence-electron chi connectivity index (χ1n) is 1.58. The standard InChI is InChI=1S/C2H5O.BrH.Hg/c1-2-3;;/h3H,1-2H2;1H;/q;;+1/p-1. The van der Waals surface area contributed by atoms with Crippen molar-refractivity contribution in [2.24, 2.45) is 0 Å². The molecule has 0 spiro atoms. The van der Waals surface area contributed by atoms with Crippen LogP contribution in [0.25, 0.3) is 0 Å². The molecule has 0 fully saturated rings. The molecule has 28 valence electrons. The number of aliphatic hydroxyl groups is 1. The molecule has 0 radical (unpaired) electrons. The molecule has 0 unspecified atom stereocenters. The predicted octanol–water partition coefficient (Wildman–Crippen LogP) is 0.789. The van der Waals surface area contributed by atoms with Crippen LogP contribution in [-0.4, -0.2) is 11.7 Å². The molecule has 0 atom stereocenters. The molecule has 0 bridgehead atoms. The van der Waals surface area contributed by atoms with Crippen LogP contribution in [0.15, 0.2) is 0 Å². The minimum atomic E-state index is -0.581. The van der Waals surface area contributed by atoms with Crippen molar-refractivity contribution in [2.75, 3.05) is 6.61 Å². The van der Waals surface area contributed by atoms with E-state index in [0.29, 0.717) is 6.61 Å². The summed E-state index contributed by atoms with van der Waals surface area (Å²) in [7, 11) is 0. The average molecular weight is 326 g/mol. The maximum absolute atomic E-state index is 8.09. The summed E-state index contributed by atoms with van der Waals surface area (Å²) in [6.45, 7) is 0.396. The number of halogens is 1. The molecule has 0 aromatic rings. The normalized spacial score (nSPS) is 6.80. The molecule has 0 saturated heterocycles. The van der Waals surface area contributed by atoms with Gasteiger partial charge in [0.05, 0.1) is 0 Å². The molecule has 1 N–H and O–H groups in total. The summed E-state index contributed by atoms with van der Waals surface area (Å²) in [6.07, 6.45) is 0. The Morgan fingerprint density at radius 3 is 2.40 bits per heavy atom. The molecule has 0 amide bonds. The van der Waals surface area contributed by atoms with Crippen LogP contribution in [0.4, 0.5) is 0 Å². The third kappa shape index (κ3) is 5.38. The Morgan fingerprint density at radius 1 is 1.80 bits per heavy atom. The summed E-state index contributed by atoms with van der Waals surface area (Å²) < 4.78 is 1.08. The Bertz CT molecular complexity index is 17.1. The number of aliphatic hydroxyl groups excluding tert-OH is 1. The Balaban J connectivity index is 2.19. The van der Waals surface area contributed by atoms with Crippen LogP contribution in [0.1, 0.15) is 0 Å². The molecule has 1 nitrogen and oxygen atoms in total. The van der Waals surface area contributed by atoms with Crippen molar-refractivity contribution in [3.05, 3.63) is 0 Å². The molecule has 0 aromatic carbocycles. The van der Waals surface area contributed by atoms with Gasteiger partial charge in [0.1, 0.15) is 0 Å². The average Bonchev–Trinajstić information content (AvgIpc) is 1.41. The van der Waals surface area contributed by atoms with Gasteiger partial charge in [0.25, 0.3) is 0 Å². The monoisotopic (exact) mass is 326 g/mol. The van der Waals surface area contributed by atoms with Gasteiger partial charge in [0.2, 0.25) is 0 Å². The Hall–Kier alpha value is 1.38. The van der Waals surface area contributed by atoms with Crippen molar-refractivity contribution >= 4 is 11.9 Å². The Morgan fingerprint density at radius 2 is 2.40 bits per heavy atom. The van der Waals surface area contributed by atoms with Crippen LogP contribution in [0, 0.1) is 0 Å². The van der Waals surface area contributed by atoms with Crippen LogP contribution >= 0.6 is 11.9 Å². The van der Waals surface area contributed by atoms with Crippen molar-refractivity contribution in [1.29, 1.82) is 0 Å². The van der Waals surface area contributed by atoms with Gasteiger partial charge in [-0.15, -0.1) is 0 Å². The van der Waals surface area contributed by atoms with Gasteiger partial charge < -0.3 is 0 Å². The molecular weight excluding hydrogens is 321 g/mol. The quantitative estimate of drug-likeness (QED) is 0.744. The van der Waals surface area contributed by atoms with Crippen LogP contribution < -0.4 is 0 Å². The second kappa shape index (κ2) is 5.38. The van der Waals surface area contributed by atoms with Gasteiger partial charge in [-0.3, -0.25) is 0 Å². The molecule has 5 heavy (non-hydrogen) atoms. The van der Waals surface area contributed by atoms with E-state index in [1.165, 1.54) is 0 Å². The van der Waals surface area contributed by atoms with E-state index < -0.39 is 22.1 Å². The van der Waals surface area contributed by atoms with E-state index in [1.807, 2.05) is 0 Å². The first-order chi connectivity index (χ1) is 2.41. The zero-order valence-electron chi connectivity index (χ0n) is 2.95. The van der Waals surface area contributed by atoms with Crippen molar-refractivity contribution in [3.63, 3.8) is 0 Å². The number of hydrogen-bond donors (Lipinski definition) is 1. The van der Waals surface area contributed by atoms with E-state index in [-0.39, 0.29) is 0 Å². The SMILES string of the molecule is OC[CH2][Hg][Br]. The molecule has 3 heteroatoms. The van der Waals surface area contributed by atoms with E-state index in [0.717, 1.165) is 3.93 Å². The second-order valence-electron chi connectivity index (χ2n) is 0.766. The first-order valence-corrected chi connectivity index (χ1v) is 17.4. The second-order valence-corrected chi connectivity index (χ2v) is 11.9. The minimum absolute atomic E-state index is 0.396. The molecule has 0 aliphatic heterocycles. The topological polar surface area (TPSA) is 20.2 Å². The van der Waals surface area contributed by atoms with Gasteiger partial charge in [-0.05, 0) is 0 Å². The molecule has 0 rings (SSSR count). The summed E-state index contributed by atoms with van der Waals surface area (Å²) in [5, 5.41) is 8.09. The van der Waals surface area contributed by atoms with Crippen molar-refractivity contribution < 1.29 is 27.3 Å². The van der Waals surface area contributed by atoms with E-state index in [9.17, 15) is 0 Å². The third-order valence-electron chi connectivity index (χ3n) is 0.292. The van der Waals surface area contributed by atoms with Crippen molar-refractivity contribution in [1.82, 2.24) is 0 Å². The fourth-order valence-electron chi connectivity index (χ4n) is 0.0598. The Kier molecular flexibility index (Phi) is 6.85. The summed E-state index contributed by atoms with van der Waals surface area (Å²) in [6, 6.07) is 0. The molecule has 0 aromatic heterocycles. The van der Waals surface area contributed by atoms with Crippen molar-refractivity contribution in [3.8, 4) is 0 Å². The van der Waals surface area contributed by atoms with E-state index in [4.69, 9.17) is 5.11 Å². The molecular formula is C2H5BrHgO. The first kappa shape index (κ1) is 6.38. The fraction of sp³-hybridized carbons (Fsp3) is 1.00. The molecule has 0 heterocycles. The summed E-state index contributed by atoms with van der Waals surface area (Å²) in [5.41, 5.74) is 0. The fourth-order valence-corrected chi connectivity index (χ4v) is 2.72. The van der Waals surface area contributed by atoms with Gasteiger partial charge in [0.15, 0.2) is 0 Å². The molecule has 0 saturated carbocycles. The predicted molar refractivity (Wildman–Crippen MR) is 20.8 cm³/mol. The number of hydrogen-bond acceptors (Lipinski definition) is 1. The van der Waals surface area contributed by atoms with Crippen LogP contribution in [0.2, 0.25) is 3.93 Å². The van der Waals surface area contributed by atoms with Gasteiger partial charge >= 0.3 is 49.7 Å². The van der Waals surface area contributed by atoms with E-state index in [2.05, 4.69) is 11.9 Å². The maximum atomic E-state index is 8.09. The molecule has 0 aliphatic rings. The summed E-state index contributed by atoms with van der Waals surface area (Å²) in [4.78, 5) is 0. The molecule has 0 aliphatic carbocycles. The summed E-state index contributed by atoms with van der Waals surface area (Å²) in [5.74, 6) is 0. The van der Waals surface area contributed by atoms with Gasteiger partial charge in [0, 0.05) is 0 Å². The zero-order chi connectivity index (χ0) is 4.12. The van der Waals surface area contributed by atoms with Crippen molar-refractivity contribution in [2.45, 2.75) is 3.93 Å². The zero-order valence-corrected chi connectivity index (χ0v) is 10.0. The number of rotatable bonds is 2. The van der Waals surface area contributed by atoms with Crippen LogP contribution in [-0.2, 0) is 22.1 Å². The summed E-state index contributed by atoms with van der Waals surface area (Å²) >= 11 is 2.79. The van der Waals surface area contributed by atoms with E-state index >= 15 is 0 Å². The van der Waals surface area contributed by atoms with Gasteiger partial charge in [-0.1, -0.05) is 0 Å². The van der Waals surface area contributed by atoms with E-state index in [1.54, 1.807) is 0 Å². The Labute approximate surface area is 49.4 Å². The third-order valence-corrected chi connectivity index (χ3v) is 7.48. The van der Waals surface area contributed by atoms with Crippen LogP contribution in [0.5, 0.6) is 0 Å². The van der Waals surface area contributed by atoms with Gasteiger partial charge in [-0.25, -0.2) is 0 Å². The van der Waals surface area contributed by atoms with Gasteiger partial charge in [-0.2, -0.15) is 0 Å². The van der Waals surface area contributed by atoms with Crippen LogP contribution in [0.3, 0.4) is 0 Å².